The van der Waals surface area contributed by atoms with Crippen LogP contribution in [0, 0.1) is 17.1 Å². The van der Waals surface area contributed by atoms with Crippen LogP contribution in [0.1, 0.15) is 5.56 Å². The SMILES string of the molecule is COC(=O)Cn1nc(-c2ccc(C#N)cc2)c2ccccc21.COC(=O)Cn1nc(-c2ccc(Cl)cc2)c2ccccc21.COC(=O)Cn1nc(-c2ccc(F)cc2)c2ccccc21.COC(=O)Cn1nc(-c2ccc(OC)cc2)c2ccccc21. The maximum Gasteiger partial charge on any atom is 0.327 e. The van der Waals surface area contributed by atoms with Gasteiger partial charge >= 0.3 is 23.9 Å². The summed E-state index contributed by atoms with van der Waals surface area (Å²) in [7, 11) is 7.08. The van der Waals surface area contributed by atoms with Crippen LogP contribution in [0.2, 0.25) is 5.02 Å². The lowest BCUT2D eigenvalue weighted by Crippen LogP contribution is -2.12. The van der Waals surface area contributed by atoms with Crippen molar-refractivity contribution in [3.8, 4) is 56.8 Å². The molecule has 0 N–H and O–H groups in total. The number of nitrogens with zero attached hydrogens (tertiary/aromatic N) is 9. The van der Waals surface area contributed by atoms with Gasteiger partial charge in [0.1, 0.15) is 60.5 Å². The Morgan fingerprint density at radius 1 is 0.407 bits per heavy atom. The van der Waals surface area contributed by atoms with E-state index in [-0.39, 0.29) is 55.9 Å². The van der Waals surface area contributed by atoms with Crippen LogP contribution >= 0.6 is 11.6 Å². The highest BCUT2D eigenvalue weighted by molar-refractivity contribution is 6.30. The number of carbonyl (C=O) groups is 4. The standard InChI is InChI=1S/C17H13N3O2.C17H16N2O3.C16H13ClN2O2.C16H13FN2O2/c1-22-16(21)11-20-15-5-3-2-4-14(15)17(19-20)13-8-6-12(10-18)7-9-13;1-21-13-9-7-12(8-10-13)17-14-5-3-4-6-15(14)19(18-17)11-16(20)22-2;2*1-21-15(20)10-19-14-5-3-2-4-13(14)16(18-19)11-6-8-12(17)9-7-11/h2-9H,11H2,1H3;3-10H,11H2,1-2H3;2*2-9H,10H2,1H3. The maximum atomic E-state index is 13.1. The van der Waals surface area contributed by atoms with Crippen molar-refractivity contribution in [3.05, 3.63) is 211 Å². The Hall–Kier alpha value is -11.0. The lowest BCUT2D eigenvalue weighted by Gasteiger charge is -2.01. The molecular weight excluding hydrogens is 1120 g/mol. The van der Waals surface area contributed by atoms with Gasteiger partial charge in [-0.3, -0.25) is 37.9 Å². The van der Waals surface area contributed by atoms with Crippen molar-refractivity contribution in [2.75, 3.05) is 35.5 Å². The van der Waals surface area contributed by atoms with Crippen LogP contribution in [0.4, 0.5) is 4.39 Å². The van der Waals surface area contributed by atoms with Crippen LogP contribution in [0.15, 0.2) is 194 Å². The van der Waals surface area contributed by atoms with Gasteiger partial charge in [0.15, 0.2) is 0 Å². The highest BCUT2D eigenvalue weighted by atomic mass is 35.5. The van der Waals surface area contributed by atoms with E-state index in [2.05, 4.69) is 31.2 Å². The van der Waals surface area contributed by atoms with Crippen molar-refractivity contribution in [2.24, 2.45) is 0 Å². The first-order chi connectivity index (χ1) is 41.8. The van der Waals surface area contributed by atoms with Gasteiger partial charge in [0, 0.05) is 48.8 Å². The van der Waals surface area contributed by atoms with E-state index in [1.165, 1.54) is 40.6 Å². The number of para-hydroxylation sites is 4. The number of ether oxygens (including phenoxy) is 5. The second-order valence-corrected chi connectivity index (χ2v) is 19.3. The van der Waals surface area contributed by atoms with E-state index in [1.54, 1.807) is 50.1 Å². The smallest absolute Gasteiger partial charge is 0.327 e. The molecular formula is C66H55ClFN9O9. The zero-order valence-electron chi connectivity index (χ0n) is 47.3. The molecule has 20 heteroatoms. The van der Waals surface area contributed by atoms with Crippen molar-refractivity contribution in [1.29, 1.82) is 5.26 Å². The number of rotatable bonds is 13. The lowest BCUT2D eigenvalue weighted by atomic mass is 10.1. The van der Waals surface area contributed by atoms with Gasteiger partial charge in [-0.05, 0) is 97.1 Å². The number of benzene rings is 8. The summed E-state index contributed by atoms with van der Waals surface area (Å²) in [5.74, 6) is -0.868. The van der Waals surface area contributed by atoms with Crippen molar-refractivity contribution in [3.63, 3.8) is 0 Å². The molecule has 0 saturated heterocycles. The highest BCUT2D eigenvalue weighted by Gasteiger charge is 2.19. The Morgan fingerprint density at radius 2 is 0.674 bits per heavy atom. The number of aromatic nitrogens is 8. The maximum absolute atomic E-state index is 13.1. The van der Waals surface area contributed by atoms with Gasteiger partial charge in [0.05, 0.1) is 69.2 Å². The van der Waals surface area contributed by atoms with Crippen LogP contribution in [-0.2, 0) is 64.3 Å². The van der Waals surface area contributed by atoms with Crippen LogP contribution in [-0.4, -0.2) is 98.5 Å². The predicted molar refractivity (Wildman–Crippen MR) is 325 cm³/mol. The van der Waals surface area contributed by atoms with Crippen molar-refractivity contribution >= 4 is 79.1 Å². The largest absolute Gasteiger partial charge is 0.497 e. The van der Waals surface area contributed by atoms with E-state index >= 15 is 0 Å². The summed E-state index contributed by atoms with van der Waals surface area (Å²) in [6, 6.07) is 61.5. The first-order valence-corrected chi connectivity index (χ1v) is 27.0. The monoisotopic (exact) mass is 1170 g/mol. The Balaban J connectivity index is 0.000000137. The molecule has 0 unspecified atom stereocenters. The minimum atomic E-state index is -0.367. The number of nitriles is 1. The van der Waals surface area contributed by atoms with Crippen LogP contribution in [0.5, 0.6) is 5.75 Å². The first-order valence-electron chi connectivity index (χ1n) is 26.6. The molecule has 4 heterocycles. The van der Waals surface area contributed by atoms with Crippen molar-refractivity contribution < 1.29 is 47.3 Å². The van der Waals surface area contributed by atoms with Crippen molar-refractivity contribution in [1.82, 2.24) is 39.1 Å². The number of methoxy groups -OCH3 is 5. The number of hydrogen-bond donors (Lipinski definition) is 0. The molecule has 0 fully saturated rings. The fourth-order valence-electron chi connectivity index (χ4n) is 9.26. The molecule has 0 spiro atoms. The summed E-state index contributed by atoms with van der Waals surface area (Å²) in [5.41, 5.74) is 10.9. The van der Waals surface area contributed by atoms with E-state index in [9.17, 15) is 23.6 Å². The number of fused-ring (bicyclic) bond motifs is 4. The Kier molecular flexibility index (Phi) is 19.3. The van der Waals surface area contributed by atoms with Gasteiger partial charge < -0.3 is 23.7 Å². The van der Waals surface area contributed by atoms with Gasteiger partial charge in [-0.1, -0.05) is 109 Å². The molecule has 0 saturated carbocycles. The fraction of sp³-hybridized carbons (Fsp3) is 0.136. The van der Waals surface area contributed by atoms with Crippen molar-refractivity contribution in [2.45, 2.75) is 26.2 Å². The number of esters is 4. The molecule has 86 heavy (non-hydrogen) atoms. The minimum absolute atomic E-state index is 0.0399. The van der Waals surface area contributed by atoms with Gasteiger partial charge in [0.2, 0.25) is 0 Å². The number of carbonyl (C=O) groups excluding carboxylic acids is 4. The summed E-state index contributed by atoms with van der Waals surface area (Å²) in [5, 5.41) is 31.5. The summed E-state index contributed by atoms with van der Waals surface area (Å²) in [6.45, 7) is 0.281. The van der Waals surface area contributed by atoms with E-state index < -0.39 is 0 Å². The van der Waals surface area contributed by atoms with Gasteiger partial charge in [-0.15, -0.1) is 0 Å². The van der Waals surface area contributed by atoms with E-state index in [4.69, 9.17) is 35.8 Å². The number of halogens is 2. The molecule has 8 aromatic carbocycles. The van der Waals surface area contributed by atoms with Gasteiger partial charge in [-0.25, -0.2) is 4.39 Å². The Labute approximate surface area is 497 Å². The zero-order valence-corrected chi connectivity index (χ0v) is 48.0. The molecule has 0 aliphatic heterocycles. The molecule has 0 atom stereocenters. The van der Waals surface area contributed by atoms with E-state index in [0.717, 1.165) is 94.4 Å². The van der Waals surface area contributed by atoms with Crippen LogP contribution in [0.3, 0.4) is 0 Å². The molecule has 0 aliphatic carbocycles. The number of hydrogen-bond acceptors (Lipinski definition) is 14. The van der Waals surface area contributed by atoms with Crippen LogP contribution < -0.4 is 4.74 Å². The molecule has 0 bridgehead atoms. The third kappa shape index (κ3) is 13.9. The van der Waals surface area contributed by atoms with E-state index in [0.29, 0.717) is 10.6 Å². The lowest BCUT2D eigenvalue weighted by molar-refractivity contribution is -0.142. The highest BCUT2D eigenvalue weighted by Crippen LogP contribution is 2.33. The quantitative estimate of drug-likeness (QED) is 0.0777. The Morgan fingerprint density at radius 3 is 0.953 bits per heavy atom. The Bertz CT molecular complexity index is 4260. The minimum Gasteiger partial charge on any atom is -0.497 e. The normalized spacial score (nSPS) is 10.6. The molecule has 12 rings (SSSR count). The average molecular weight is 1170 g/mol. The molecule has 18 nitrogen and oxygen atoms in total. The zero-order chi connectivity index (χ0) is 60.7. The molecule has 0 radical (unpaired) electrons. The van der Waals surface area contributed by atoms with E-state index in [1.807, 2.05) is 158 Å². The molecule has 12 aromatic rings. The summed E-state index contributed by atoms with van der Waals surface area (Å²) >= 11 is 5.92. The van der Waals surface area contributed by atoms with Gasteiger partial charge in [-0.2, -0.15) is 25.7 Å². The molecule has 0 aliphatic rings. The third-order valence-corrected chi connectivity index (χ3v) is 13.8. The molecule has 432 valence electrons. The van der Waals surface area contributed by atoms with Gasteiger partial charge in [0.25, 0.3) is 0 Å². The summed E-state index contributed by atoms with van der Waals surface area (Å²) < 4.78 is 43.6. The predicted octanol–water partition coefficient (Wildman–Crippen LogP) is 12.2. The molecule has 0 amide bonds. The summed E-state index contributed by atoms with van der Waals surface area (Å²) in [6.07, 6.45) is 0. The topological polar surface area (TPSA) is 210 Å². The first kappa shape index (κ1) is 59.6. The summed E-state index contributed by atoms with van der Waals surface area (Å²) in [4.78, 5) is 46.1. The third-order valence-electron chi connectivity index (χ3n) is 13.5. The van der Waals surface area contributed by atoms with Crippen LogP contribution in [0.25, 0.3) is 88.6 Å². The average Bonchev–Trinajstić information content (AvgIpc) is 2.20. The fourth-order valence-corrected chi connectivity index (χ4v) is 9.39. The second kappa shape index (κ2) is 27.9. The molecule has 4 aromatic heterocycles. The second-order valence-electron chi connectivity index (χ2n) is 18.8.